The molecule has 6 heteroatoms. The predicted molar refractivity (Wildman–Crippen MR) is 109 cm³/mol. The third kappa shape index (κ3) is 4.12. The van der Waals surface area contributed by atoms with Crippen molar-refractivity contribution in [2.75, 3.05) is 25.1 Å². The third-order valence-corrected chi connectivity index (χ3v) is 6.80. The fraction of sp³-hybridized carbons (Fsp3) is 0.429. The smallest absolute Gasteiger partial charge is 0.240 e. The Balaban J connectivity index is 1.61. The number of nitrogens with one attached hydrogen (secondary N) is 1. The number of para-hydroxylation sites is 1. The minimum absolute atomic E-state index is 0.320. The molecule has 3 rings (SSSR count). The highest BCUT2D eigenvalue weighted by Gasteiger charge is 2.25. The molecule has 0 bridgehead atoms. The average Bonchev–Trinajstić information content (AvgIpc) is 2.95. The summed E-state index contributed by atoms with van der Waals surface area (Å²) < 4.78 is 33.4. The van der Waals surface area contributed by atoms with Crippen molar-refractivity contribution in [3.8, 4) is 5.75 Å². The first kappa shape index (κ1) is 19.7. The summed E-state index contributed by atoms with van der Waals surface area (Å²) in [6.45, 7) is 7.11. The molecule has 0 aromatic heterocycles. The minimum Gasteiger partial charge on any atom is -0.496 e. The van der Waals surface area contributed by atoms with Crippen LogP contribution in [0.5, 0.6) is 5.75 Å². The van der Waals surface area contributed by atoms with E-state index in [9.17, 15) is 8.42 Å². The SMILES string of the molecule is COc1cc(C)c(S(=O)(=O)NCCCN2c3ccccc3CC2C)cc1C. The van der Waals surface area contributed by atoms with Crippen molar-refractivity contribution in [2.45, 2.75) is 44.6 Å². The van der Waals surface area contributed by atoms with Gasteiger partial charge in [-0.2, -0.15) is 0 Å². The second-order valence-electron chi connectivity index (χ2n) is 7.21. The van der Waals surface area contributed by atoms with E-state index in [1.807, 2.05) is 6.92 Å². The van der Waals surface area contributed by atoms with Crippen LogP contribution in [0, 0.1) is 13.8 Å². The van der Waals surface area contributed by atoms with Crippen LogP contribution >= 0.6 is 0 Å². The molecule has 2 aromatic rings. The molecule has 0 spiro atoms. The van der Waals surface area contributed by atoms with E-state index in [0.29, 0.717) is 28.8 Å². The maximum atomic E-state index is 12.7. The first-order chi connectivity index (χ1) is 12.8. The summed E-state index contributed by atoms with van der Waals surface area (Å²) in [7, 11) is -1.94. The van der Waals surface area contributed by atoms with Gasteiger partial charge in [0.1, 0.15) is 5.75 Å². The highest BCUT2D eigenvalue weighted by molar-refractivity contribution is 7.89. The quantitative estimate of drug-likeness (QED) is 0.739. The Morgan fingerprint density at radius 3 is 2.67 bits per heavy atom. The first-order valence-electron chi connectivity index (χ1n) is 9.33. The molecule has 0 saturated carbocycles. The number of sulfonamides is 1. The lowest BCUT2D eigenvalue weighted by molar-refractivity contribution is 0.411. The van der Waals surface area contributed by atoms with Crippen LogP contribution in [-0.4, -0.2) is 34.7 Å². The molecule has 0 radical (unpaired) electrons. The van der Waals surface area contributed by atoms with Gasteiger partial charge in [-0.15, -0.1) is 0 Å². The number of rotatable bonds is 7. The maximum absolute atomic E-state index is 12.7. The fourth-order valence-corrected chi connectivity index (χ4v) is 5.16. The molecule has 0 saturated heterocycles. The molecule has 146 valence electrons. The lowest BCUT2D eigenvalue weighted by atomic mass is 10.1. The number of hydrogen-bond acceptors (Lipinski definition) is 4. The molecule has 0 aliphatic carbocycles. The zero-order valence-electron chi connectivity index (χ0n) is 16.5. The van der Waals surface area contributed by atoms with E-state index in [2.05, 4.69) is 40.8 Å². The Hall–Kier alpha value is -2.05. The van der Waals surface area contributed by atoms with Crippen molar-refractivity contribution >= 4 is 15.7 Å². The number of anilines is 1. The van der Waals surface area contributed by atoms with Crippen LogP contribution in [0.15, 0.2) is 41.3 Å². The summed E-state index contributed by atoms with van der Waals surface area (Å²) in [5.74, 6) is 0.702. The first-order valence-corrected chi connectivity index (χ1v) is 10.8. The van der Waals surface area contributed by atoms with Crippen molar-refractivity contribution in [1.29, 1.82) is 0 Å². The van der Waals surface area contributed by atoms with E-state index in [4.69, 9.17) is 4.74 Å². The zero-order chi connectivity index (χ0) is 19.6. The van der Waals surface area contributed by atoms with Gasteiger partial charge in [-0.25, -0.2) is 13.1 Å². The fourth-order valence-electron chi connectivity index (χ4n) is 3.78. The topological polar surface area (TPSA) is 58.6 Å². The van der Waals surface area contributed by atoms with Gasteiger partial charge in [-0.3, -0.25) is 0 Å². The number of aryl methyl sites for hydroxylation is 2. The Bertz CT molecular complexity index is 925. The second kappa shape index (κ2) is 7.90. The summed E-state index contributed by atoms with van der Waals surface area (Å²) in [6.07, 6.45) is 1.80. The van der Waals surface area contributed by atoms with Crippen molar-refractivity contribution in [3.63, 3.8) is 0 Å². The molecule has 0 fully saturated rings. The summed E-state index contributed by atoms with van der Waals surface area (Å²) in [5, 5.41) is 0. The van der Waals surface area contributed by atoms with Crippen LogP contribution in [0.2, 0.25) is 0 Å². The molecule has 1 unspecified atom stereocenters. The molecule has 1 N–H and O–H groups in total. The van der Waals surface area contributed by atoms with Gasteiger partial charge in [0.2, 0.25) is 10.0 Å². The Morgan fingerprint density at radius 1 is 1.19 bits per heavy atom. The molecule has 5 nitrogen and oxygen atoms in total. The molecule has 2 aromatic carbocycles. The number of nitrogens with zero attached hydrogens (tertiary/aromatic N) is 1. The number of benzene rings is 2. The molecule has 27 heavy (non-hydrogen) atoms. The van der Waals surface area contributed by atoms with Crippen LogP contribution in [0.25, 0.3) is 0 Å². The van der Waals surface area contributed by atoms with Gasteiger partial charge in [-0.1, -0.05) is 18.2 Å². The Morgan fingerprint density at radius 2 is 1.93 bits per heavy atom. The van der Waals surface area contributed by atoms with Crippen molar-refractivity contribution in [1.82, 2.24) is 4.72 Å². The molecule has 0 amide bonds. The number of methoxy groups -OCH3 is 1. The van der Waals surface area contributed by atoms with Gasteiger partial charge < -0.3 is 9.64 Å². The van der Waals surface area contributed by atoms with Gasteiger partial charge >= 0.3 is 0 Å². The van der Waals surface area contributed by atoms with Crippen LogP contribution in [0.4, 0.5) is 5.69 Å². The average molecular weight is 389 g/mol. The molecular weight excluding hydrogens is 360 g/mol. The van der Waals surface area contributed by atoms with E-state index in [1.54, 1.807) is 26.2 Å². The Labute approximate surface area is 162 Å². The van der Waals surface area contributed by atoms with Crippen LogP contribution < -0.4 is 14.4 Å². The standard InChI is InChI=1S/C21H28N2O3S/c1-15-13-21(16(2)12-20(15)26-4)27(24,25)22-10-7-11-23-17(3)14-18-8-5-6-9-19(18)23/h5-6,8-9,12-13,17,22H,7,10-11,14H2,1-4H3. The van der Waals surface area contributed by atoms with E-state index in [1.165, 1.54) is 11.3 Å². The maximum Gasteiger partial charge on any atom is 0.240 e. The molecule has 1 aliphatic rings. The van der Waals surface area contributed by atoms with Crippen LogP contribution in [0.1, 0.15) is 30.0 Å². The van der Waals surface area contributed by atoms with E-state index >= 15 is 0 Å². The lowest BCUT2D eigenvalue weighted by Gasteiger charge is -2.25. The largest absolute Gasteiger partial charge is 0.496 e. The van der Waals surface area contributed by atoms with E-state index < -0.39 is 10.0 Å². The number of hydrogen-bond donors (Lipinski definition) is 1. The van der Waals surface area contributed by atoms with Gasteiger partial charge in [0.15, 0.2) is 0 Å². The molecule has 1 aliphatic heterocycles. The van der Waals surface area contributed by atoms with Crippen LogP contribution in [-0.2, 0) is 16.4 Å². The monoisotopic (exact) mass is 388 g/mol. The van der Waals surface area contributed by atoms with E-state index in [0.717, 1.165) is 24.9 Å². The second-order valence-corrected chi connectivity index (χ2v) is 8.95. The normalized spacial score (nSPS) is 16.4. The van der Waals surface area contributed by atoms with Crippen molar-refractivity contribution in [2.24, 2.45) is 0 Å². The third-order valence-electron chi connectivity index (χ3n) is 5.20. The van der Waals surface area contributed by atoms with Crippen molar-refractivity contribution < 1.29 is 13.2 Å². The van der Waals surface area contributed by atoms with E-state index in [-0.39, 0.29) is 0 Å². The van der Waals surface area contributed by atoms with Gasteiger partial charge in [-0.05, 0) is 68.5 Å². The van der Waals surface area contributed by atoms with Crippen LogP contribution in [0.3, 0.4) is 0 Å². The molecule has 1 atom stereocenters. The number of ether oxygens (including phenoxy) is 1. The summed E-state index contributed by atoms with van der Waals surface area (Å²) in [6, 6.07) is 12.3. The molecule has 1 heterocycles. The molecular formula is C21H28N2O3S. The van der Waals surface area contributed by atoms with Crippen molar-refractivity contribution in [3.05, 3.63) is 53.1 Å². The summed E-state index contributed by atoms with van der Waals surface area (Å²) in [4.78, 5) is 2.69. The van der Waals surface area contributed by atoms with Gasteiger partial charge in [0, 0.05) is 24.8 Å². The van der Waals surface area contributed by atoms with Gasteiger partial charge in [0.25, 0.3) is 0 Å². The highest BCUT2D eigenvalue weighted by Crippen LogP contribution is 2.31. The summed E-state index contributed by atoms with van der Waals surface area (Å²) >= 11 is 0. The summed E-state index contributed by atoms with van der Waals surface area (Å²) in [5.41, 5.74) is 4.14. The predicted octanol–water partition coefficient (Wildman–Crippen LogP) is 3.43. The number of fused-ring (bicyclic) bond motifs is 1. The minimum atomic E-state index is -3.53. The highest BCUT2D eigenvalue weighted by atomic mass is 32.2. The zero-order valence-corrected chi connectivity index (χ0v) is 17.3. The van der Waals surface area contributed by atoms with Gasteiger partial charge in [0.05, 0.1) is 12.0 Å². The Kier molecular flexibility index (Phi) is 5.77. The lowest BCUT2D eigenvalue weighted by Crippen LogP contribution is -2.33.